The first kappa shape index (κ1) is 19.2. The molecule has 132 valence electrons. The second-order valence-electron chi connectivity index (χ2n) is 5.71. The number of aryl methyl sites for hydroxylation is 1. The lowest BCUT2D eigenvalue weighted by Crippen LogP contribution is -2.36. The number of hydrogen-bond donors (Lipinski definition) is 2. The van der Waals surface area contributed by atoms with Crippen molar-refractivity contribution in [3.05, 3.63) is 64.7 Å². The molecule has 2 N–H and O–H groups in total. The molecule has 0 saturated heterocycles. The number of benzene rings is 2. The predicted octanol–water partition coefficient (Wildman–Crippen LogP) is 4.43. The molecule has 0 fully saturated rings. The van der Waals surface area contributed by atoms with Gasteiger partial charge in [-0.25, -0.2) is 4.79 Å². The molecular formula is C19H21ClN2O2S. The number of rotatable bonds is 6. The van der Waals surface area contributed by atoms with E-state index in [9.17, 15) is 4.79 Å². The van der Waals surface area contributed by atoms with Gasteiger partial charge in [-0.2, -0.15) is 0 Å². The topological polar surface area (TPSA) is 50.4 Å². The van der Waals surface area contributed by atoms with Crippen molar-refractivity contribution < 1.29 is 9.53 Å². The molecule has 0 unspecified atom stereocenters. The number of thiocarbonyl (C=S) groups is 1. The van der Waals surface area contributed by atoms with Gasteiger partial charge in [0.2, 0.25) is 0 Å². The molecule has 2 aromatic carbocycles. The Labute approximate surface area is 158 Å². The highest BCUT2D eigenvalue weighted by Gasteiger charge is 2.12. The molecule has 4 nitrogen and oxygen atoms in total. The Kier molecular flexibility index (Phi) is 7.22. The average molecular weight is 377 g/mol. The van der Waals surface area contributed by atoms with Gasteiger partial charge < -0.3 is 15.4 Å². The lowest BCUT2D eigenvalue weighted by atomic mass is 10.1. The van der Waals surface area contributed by atoms with Gasteiger partial charge in [-0.15, -0.1) is 0 Å². The number of ether oxygens (including phenoxy) is 1. The fraction of sp³-hybridized carbons (Fsp3) is 0.263. The minimum Gasteiger partial charge on any atom is -0.465 e. The highest BCUT2D eigenvalue weighted by atomic mass is 35.5. The van der Waals surface area contributed by atoms with Crippen LogP contribution in [0.3, 0.4) is 0 Å². The first-order chi connectivity index (χ1) is 12.0. The predicted molar refractivity (Wildman–Crippen MR) is 106 cm³/mol. The summed E-state index contributed by atoms with van der Waals surface area (Å²) in [6.07, 6.45) is 1.94. The Morgan fingerprint density at radius 3 is 2.64 bits per heavy atom. The van der Waals surface area contributed by atoms with E-state index in [4.69, 9.17) is 28.6 Å². The molecule has 0 amide bonds. The monoisotopic (exact) mass is 376 g/mol. The molecule has 0 spiro atoms. The van der Waals surface area contributed by atoms with Crippen LogP contribution in [0.4, 0.5) is 5.69 Å². The van der Waals surface area contributed by atoms with E-state index >= 15 is 0 Å². The number of halogens is 1. The maximum Gasteiger partial charge on any atom is 0.339 e. The van der Waals surface area contributed by atoms with Crippen LogP contribution in [0.5, 0.6) is 0 Å². The molecule has 25 heavy (non-hydrogen) atoms. The summed E-state index contributed by atoms with van der Waals surface area (Å²) in [6.45, 7) is 2.08. The smallest absolute Gasteiger partial charge is 0.339 e. The van der Waals surface area contributed by atoms with Crippen LogP contribution < -0.4 is 10.6 Å². The van der Waals surface area contributed by atoms with Crippen molar-refractivity contribution in [2.75, 3.05) is 12.4 Å². The molecule has 0 heterocycles. The molecule has 0 saturated carbocycles. The van der Waals surface area contributed by atoms with E-state index < -0.39 is 5.97 Å². The van der Waals surface area contributed by atoms with Crippen molar-refractivity contribution in [3.8, 4) is 0 Å². The number of methoxy groups -OCH3 is 1. The Morgan fingerprint density at radius 1 is 1.24 bits per heavy atom. The van der Waals surface area contributed by atoms with Gasteiger partial charge in [0, 0.05) is 11.7 Å². The molecule has 0 aliphatic rings. The van der Waals surface area contributed by atoms with Crippen LogP contribution in [0.25, 0.3) is 0 Å². The third-order valence-corrected chi connectivity index (χ3v) is 4.27. The van der Waals surface area contributed by atoms with Gasteiger partial charge in [0.15, 0.2) is 5.11 Å². The Morgan fingerprint density at radius 2 is 1.96 bits per heavy atom. The fourth-order valence-corrected chi connectivity index (χ4v) is 2.87. The normalized spacial score (nSPS) is 11.5. The van der Waals surface area contributed by atoms with Crippen molar-refractivity contribution in [1.29, 1.82) is 0 Å². The van der Waals surface area contributed by atoms with Gasteiger partial charge in [0.05, 0.1) is 17.7 Å². The number of nitrogens with one attached hydrogen (secondary N) is 2. The summed E-state index contributed by atoms with van der Waals surface area (Å²) in [5.74, 6) is -0.483. The zero-order valence-electron chi connectivity index (χ0n) is 14.2. The van der Waals surface area contributed by atoms with Gasteiger partial charge in [-0.3, -0.25) is 0 Å². The first-order valence-electron chi connectivity index (χ1n) is 7.99. The van der Waals surface area contributed by atoms with Crippen molar-refractivity contribution in [1.82, 2.24) is 5.32 Å². The number of carbonyl (C=O) groups excluding carboxylic acids is 1. The fourth-order valence-electron chi connectivity index (χ4n) is 2.36. The quantitative estimate of drug-likeness (QED) is 0.576. The van der Waals surface area contributed by atoms with E-state index in [1.54, 1.807) is 18.2 Å². The molecule has 0 aliphatic carbocycles. The average Bonchev–Trinajstić information content (AvgIpc) is 2.61. The van der Waals surface area contributed by atoms with E-state index in [1.165, 1.54) is 12.7 Å². The van der Waals surface area contributed by atoms with E-state index in [0.717, 1.165) is 12.8 Å². The van der Waals surface area contributed by atoms with Crippen molar-refractivity contribution in [3.63, 3.8) is 0 Å². The molecule has 1 atom stereocenters. The SMILES string of the molecule is COC(=O)c1cc(NC(=S)N[C@H](C)CCc2ccccc2)ccc1Cl. The summed E-state index contributed by atoms with van der Waals surface area (Å²) >= 11 is 11.4. The van der Waals surface area contributed by atoms with Gasteiger partial charge >= 0.3 is 5.97 Å². The summed E-state index contributed by atoms with van der Waals surface area (Å²) in [7, 11) is 1.32. The van der Waals surface area contributed by atoms with Crippen LogP contribution >= 0.6 is 23.8 Å². The van der Waals surface area contributed by atoms with Crippen molar-refractivity contribution >= 4 is 40.6 Å². The lowest BCUT2D eigenvalue weighted by molar-refractivity contribution is 0.0601. The highest BCUT2D eigenvalue weighted by molar-refractivity contribution is 7.80. The summed E-state index contributed by atoms with van der Waals surface area (Å²) in [6, 6.07) is 15.6. The first-order valence-corrected chi connectivity index (χ1v) is 8.77. The van der Waals surface area contributed by atoms with Crippen LogP contribution in [-0.2, 0) is 11.2 Å². The molecule has 0 radical (unpaired) electrons. The van der Waals surface area contributed by atoms with E-state index in [-0.39, 0.29) is 6.04 Å². The second kappa shape index (κ2) is 9.39. The minimum absolute atomic E-state index is 0.215. The van der Waals surface area contributed by atoms with Gasteiger partial charge in [0.1, 0.15) is 0 Å². The minimum atomic E-state index is -0.483. The maximum absolute atomic E-state index is 11.7. The van der Waals surface area contributed by atoms with Crippen LogP contribution in [0.2, 0.25) is 5.02 Å². The van der Waals surface area contributed by atoms with Crippen molar-refractivity contribution in [2.24, 2.45) is 0 Å². The number of anilines is 1. The summed E-state index contributed by atoms with van der Waals surface area (Å²) in [5.41, 5.74) is 2.28. The summed E-state index contributed by atoms with van der Waals surface area (Å²) in [5, 5.41) is 7.16. The Bertz CT molecular complexity index is 737. The molecule has 0 aromatic heterocycles. The van der Waals surface area contributed by atoms with Crippen LogP contribution in [0.15, 0.2) is 48.5 Å². The number of esters is 1. The van der Waals surface area contributed by atoms with Crippen LogP contribution in [0.1, 0.15) is 29.3 Å². The van der Waals surface area contributed by atoms with Crippen LogP contribution in [-0.4, -0.2) is 24.2 Å². The Hall–Kier alpha value is -2.11. The molecule has 6 heteroatoms. The molecule has 0 aliphatic heterocycles. The maximum atomic E-state index is 11.7. The molecule has 2 rings (SSSR count). The van der Waals surface area contributed by atoms with E-state index in [1.807, 2.05) is 18.2 Å². The van der Waals surface area contributed by atoms with E-state index in [0.29, 0.717) is 21.4 Å². The van der Waals surface area contributed by atoms with Gasteiger partial charge in [0.25, 0.3) is 0 Å². The largest absolute Gasteiger partial charge is 0.465 e. The number of hydrogen-bond acceptors (Lipinski definition) is 3. The molecule has 2 aromatic rings. The Balaban J connectivity index is 1.88. The number of carbonyl (C=O) groups is 1. The van der Waals surface area contributed by atoms with Gasteiger partial charge in [-0.1, -0.05) is 41.9 Å². The highest BCUT2D eigenvalue weighted by Crippen LogP contribution is 2.21. The van der Waals surface area contributed by atoms with Gasteiger partial charge in [-0.05, 0) is 55.7 Å². The zero-order chi connectivity index (χ0) is 18.2. The lowest BCUT2D eigenvalue weighted by Gasteiger charge is -2.17. The summed E-state index contributed by atoms with van der Waals surface area (Å²) < 4.78 is 4.72. The zero-order valence-corrected chi connectivity index (χ0v) is 15.8. The third kappa shape index (κ3) is 6.03. The van der Waals surface area contributed by atoms with E-state index in [2.05, 4.69) is 29.7 Å². The third-order valence-electron chi connectivity index (χ3n) is 3.72. The second-order valence-corrected chi connectivity index (χ2v) is 6.53. The molecular weight excluding hydrogens is 356 g/mol. The van der Waals surface area contributed by atoms with Crippen molar-refractivity contribution in [2.45, 2.75) is 25.8 Å². The summed E-state index contributed by atoms with van der Waals surface area (Å²) in [4.78, 5) is 11.7. The molecule has 0 bridgehead atoms. The standard InChI is InChI=1S/C19H21ClN2O2S/c1-13(8-9-14-6-4-3-5-7-14)21-19(25)22-15-10-11-17(20)16(12-15)18(23)24-2/h3-7,10-13H,8-9H2,1-2H3,(H2,21,22,25)/t13-/m1/s1. The van der Waals surface area contributed by atoms with Crippen LogP contribution in [0, 0.1) is 0 Å².